The fourth-order valence-electron chi connectivity index (χ4n) is 6.30. The molecule has 0 heterocycles. The van der Waals surface area contributed by atoms with Crippen LogP contribution in [0.2, 0.25) is 0 Å². The van der Waals surface area contributed by atoms with E-state index in [4.69, 9.17) is 17.0 Å². The van der Waals surface area contributed by atoms with Gasteiger partial charge < -0.3 is 0 Å². The van der Waals surface area contributed by atoms with Crippen LogP contribution in [0, 0.1) is 0 Å². The Morgan fingerprint density at radius 3 is 1.38 bits per heavy atom. The summed E-state index contributed by atoms with van der Waals surface area (Å²) < 4.78 is 2.35. The van der Waals surface area contributed by atoms with Gasteiger partial charge >= 0.3 is 235 Å². The number of hydrogen-bond donors (Lipinski definition) is 0. The molecule has 2 aliphatic rings. The van der Waals surface area contributed by atoms with E-state index in [2.05, 4.69) is 109 Å². The Bertz CT molecular complexity index is 1140. The van der Waals surface area contributed by atoms with E-state index in [1.807, 2.05) is 0 Å². The number of benzene rings is 2. The Morgan fingerprint density at radius 2 is 1.05 bits per heavy atom. The molecular formula is C32H44Cl2N2Zr. The Balaban J connectivity index is 1.77. The summed E-state index contributed by atoms with van der Waals surface area (Å²) in [5.41, 5.74) is 7.71. The number of allylic oxidation sites excluding steroid dienone is 2. The molecule has 0 aliphatic heterocycles. The van der Waals surface area contributed by atoms with Crippen molar-refractivity contribution in [2.75, 3.05) is 36.0 Å². The van der Waals surface area contributed by atoms with E-state index in [0.29, 0.717) is 0 Å². The van der Waals surface area contributed by atoms with E-state index >= 15 is 0 Å². The monoisotopic (exact) mass is 616 g/mol. The van der Waals surface area contributed by atoms with E-state index in [-0.39, 0.29) is 7.25 Å². The minimum atomic E-state index is -4.60. The Morgan fingerprint density at radius 1 is 0.676 bits per heavy atom. The molecule has 0 saturated heterocycles. The molecule has 0 N–H and O–H groups in total. The number of anilines is 2. The van der Waals surface area contributed by atoms with Gasteiger partial charge in [-0.1, -0.05) is 0 Å². The van der Waals surface area contributed by atoms with Crippen LogP contribution >= 0.6 is 17.0 Å². The van der Waals surface area contributed by atoms with Crippen molar-refractivity contribution in [1.82, 2.24) is 0 Å². The molecular weight excluding hydrogens is 574 g/mol. The zero-order valence-electron chi connectivity index (χ0n) is 23.3. The molecule has 0 spiro atoms. The van der Waals surface area contributed by atoms with E-state index in [9.17, 15) is 0 Å². The molecule has 0 bridgehead atoms. The molecule has 4 rings (SSSR count). The van der Waals surface area contributed by atoms with Crippen molar-refractivity contribution in [3.05, 3.63) is 70.8 Å². The molecule has 2 unspecified atom stereocenters. The average Bonchev–Trinajstić information content (AvgIpc) is 3.53. The van der Waals surface area contributed by atoms with Crippen molar-refractivity contribution in [3.63, 3.8) is 0 Å². The van der Waals surface area contributed by atoms with Gasteiger partial charge in [0, 0.05) is 0 Å². The van der Waals surface area contributed by atoms with Crippen LogP contribution in [-0.2, 0) is 15.9 Å². The molecule has 0 amide bonds. The second-order valence-corrected chi connectivity index (χ2v) is 32.4. The van der Waals surface area contributed by atoms with Crippen molar-refractivity contribution in [3.8, 4) is 0 Å². The summed E-state index contributed by atoms with van der Waals surface area (Å²) in [4.78, 5) is 5.01. The van der Waals surface area contributed by atoms with Gasteiger partial charge in [0.15, 0.2) is 0 Å². The third kappa shape index (κ3) is 5.48. The Kier molecular flexibility index (Phi) is 9.31. The predicted molar refractivity (Wildman–Crippen MR) is 165 cm³/mol. The molecule has 2 aromatic carbocycles. The van der Waals surface area contributed by atoms with Crippen molar-refractivity contribution in [2.45, 2.75) is 67.6 Å². The summed E-state index contributed by atoms with van der Waals surface area (Å²) in [6.07, 6.45) is 13.6. The summed E-state index contributed by atoms with van der Waals surface area (Å²) in [7, 11) is 15.9. The Hall–Kier alpha value is -1.15. The van der Waals surface area contributed by atoms with Crippen LogP contribution in [0.1, 0.15) is 89.8 Å². The molecule has 0 aromatic heterocycles. The van der Waals surface area contributed by atoms with Crippen LogP contribution in [0.25, 0.3) is 12.2 Å². The number of halogens is 2. The molecule has 0 fully saturated rings. The van der Waals surface area contributed by atoms with Crippen molar-refractivity contribution >= 4 is 44.3 Å². The van der Waals surface area contributed by atoms with Crippen molar-refractivity contribution < 1.29 is 15.9 Å². The van der Waals surface area contributed by atoms with Gasteiger partial charge in [0.05, 0.1) is 0 Å². The quantitative estimate of drug-likeness (QED) is 0.234. The van der Waals surface area contributed by atoms with Crippen LogP contribution in [0.4, 0.5) is 11.4 Å². The molecule has 37 heavy (non-hydrogen) atoms. The van der Waals surface area contributed by atoms with Crippen LogP contribution in [0.15, 0.2) is 48.6 Å². The van der Waals surface area contributed by atoms with Gasteiger partial charge in [-0.2, -0.15) is 0 Å². The average molecular weight is 619 g/mol. The first-order valence-electron chi connectivity index (χ1n) is 14.3. The third-order valence-electron chi connectivity index (χ3n) is 8.19. The molecule has 0 radical (unpaired) electrons. The number of rotatable bonds is 12. The van der Waals surface area contributed by atoms with Crippen molar-refractivity contribution in [1.29, 1.82) is 0 Å². The van der Waals surface area contributed by atoms with Crippen molar-refractivity contribution in [2.24, 2.45) is 0 Å². The second kappa shape index (κ2) is 11.9. The molecule has 5 heteroatoms. The fraction of sp³-hybridized carbons (Fsp3) is 0.469. The van der Waals surface area contributed by atoms with E-state index in [0.717, 1.165) is 51.9 Å². The van der Waals surface area contributed by atoms with Crippen LogP contribution < -0.4 is 9.80 Å². The maximum atomic E-state index is 7.95. The van der Waals surface area contributed by atoms with Gasteiger partial charge in [-0.05, 0) is 0 Å². The van der Waals surface area contributed by atoms with Gasteiger partial charge in [-0.3, -0.25) is 0 Å². The molecule has 2 nitrogen and oxygen atoms in total. The number of hydrogen-bond acceptors (Lipinski definition) is 2. The Labute approximate surface area is 233 Å². The summed E-state index contributed by atoms with van der Waals surface area (Å²) in [6.45, 7) is 15.4. The normalized spacial score (nSPS) is 18.2. The maximum absolute atomic E-state index is 7.95. The molecule has 200 valence electrons. The van der Waals surface area contributed by atoms with Crippen LogP contribution in [0.3, 0.4) is 0 Å². The number of nitrogens with zero attached hydrogens (tertiary/aromatic N) is 2. The summed E-state index contributed by atoms with van der Waals surface area (Å²) in [6, 6.07) is 13.8. The van der Waals surface area contributed by atoms with Gasteiger partial charge in [0.1, 0.15) is 0 Å². The van der Waals surface area contributed by atoms with Crippen LogP contribution in [0.5, 0.6) is 0 Å². The predicted octanol–water partition coefficient (Wildman–Crippen LogP) is 9.59. The van der Waals surface area contributed by atoms with Gasteiger partial charge in [-0.15, -0.1) is 0 Å². The summed E-state index contributed by atoms with van der Waals surface area (Å²) >= 11 is -4.60. The van der Waals surface area contributed by atoms with Gasteiger partial charge in [0.2, 0.25) is 0 Å². The molecule has 2 atom stereocenters. The second-order valence-electron chi connectivity index (χ2n) is 10.8. The van der Waals surface area contributed by atoms with E-state index < -0.39 is 15.9 Å². The van der Waals surface area contributed by atoms with E-state index in [1.54, 1.807) is 0 Å². The third-order valence-corrected chi connectivity index (χ3v) is 27.4. The van der Waals surface area contributed by atoms with E-state index in [1.165, 1.54) is 33.6 Å². The summed E-state index contributed by atoms with van der Waals surface area (Å²) in [5.74, 6) is 0. The topological polar surface area (TPSA) is 6.48 Å². The zero-order chi connectivity index (χ0) is 26.7. The first-order valence-corrected chi connectivity index (χ1v) is 24.9. The molecule has 0 saturated carbocycles. The minimum absolute atomic E-state index is 0.0569. The SMILES string of the molecule is C[CH]=[Zr]([Cl])([Cl])([CH]1C=Cc2ccc(N(CCC)CCC)cc21)[CH]1C=Cc2ccc(N(CCC)CCC)cc21. The molecule has 2 aliphatic carbocycles. The first-order chi connectivity index (χ1) is 17.8. The zero-order valence-corrected chi connectivity index (χ0v) is 27.3. The summed E-state index contributed by atoms with van der Waals surface area (Å²) in [5, 5.41) is 0. The standard InChI is InChI=1S/2C15H20N.C2H4.2ClH.Zr/c2*1-3-10-16(11-4-2)15-9-8-13-6-5-7-14(13)12-15;1-2;;;/h2*5-9,12H,3-4,10-11H2,1-2H3;1H,2H3;2*1H;/q;;;;;+2/p-2. The fourth-order valence-corrected chi connectivity index (χ4v) is 20.0. The number of fused-ring (bicyclic) bond motifs is 2. The van der Waals surface area contributed by atoms with Gasteiger partial charge in [-0.25, -0.2) is 0 Å². The van der Waals surface area contributed by atoms with Crippen LogP contribution in [-0.4, -0.2) is 29.9 Å². The molecule has 2 aromatic rings. The van der Waals surface area contributed by atoms with Gasteiger partial charge in [0.25, 0.3) is 0 Å². The first kappa shape index (κ1) is 28.9.